The number of ether oxygens (including phenoxy) is 3. The first-order valence-electron chi connectivity index (χ1n) is 9.73. The summed E-state index contributed by atoms with van der Waals surface area (Å²) in [7, 11) is 0. The fourth-order valence-electron chi connectivity index (χ4n) is 2.87. The largest absolute Gasteiger partial charge is 0.494 e. The average Bonchev–Trinajstić information content (AvgIpc) is 2.70. The molecule has 0 aromatic heterocycles. The van der Waals surface area contributed by atoms with E-state index in [1.54, 1.807) is 11.8 Å². The highest BCUT2D eigenvalue weighted by Gasteiger charge is 2.24. The first-order valence-corrected chi connectivity index (χ1v) is 10.5. The highest BCUT2D eigenvalue weighted by atomic mass is 79.9. The molecular weight excluding hydrogens is 444 g/mol. The Balaban J connectivity index is 1.54. The molecule has 1 saturated heterocycles. The maximum Gasteiger partial charge on any atom is 0.409 e. The molecule has 1 heterocycles. The quantitative estimate of drug-likeness (QED) is 0.440. The molecule has 1 N–H and O–H groups in total. The number of hydrogen-bond donors (Lipinski definition) is 1. The van der Waals surface area contributed by atoms with Crippen LogP contribution in [-0.2, 0) is 19.1 Å². The highest BCUT2D eigenvalue weighted by Crippen LogP contribution is 2.18. The molecule has 0 atom stereocenters. The zero-order valence-corrected chi connectivity index (χ0v) is 18.1. The molecule has 1 fully saturated rings. The van der Waals surface area contributed by atoms with Gasteiger partial charge in [0.05, 0.1) is 13.2 Å². The van der Waals surface area contributed by atoms with Crippen molar-refractivity contribution in [1.29, 1.82) is 0 Å². The molecule has 1 aliphatic rings. The van der Waals surface area contributed by atoms with Gasteiger partial charge in [0.15, 0.2) is 6.61 Å². The lowest BCUT2D eigenvalue weighted by Crippen LogP contribution is -2.47. The van der Waals surface area contributed by atoms with Crippen LogP contribution in [0, 0.1) is 0 Å². The molecule has 0 radical (unpaired) electrons. The maximum atomic E-state index is 12.0. The Morgan fingerprint density at radius 2 is 1.97 bits per heavy atom. The third-order valence-electron chi connectivity index (χ3n) is 4.34. The van der Waals surface area contributed by atoms with E-state index < -0.39 is 5.97 Å². The molecule has 0 bridgehead atoms. The summed E-state index contributed by atoms with van der Waals surface area (Å²) in [5.41, 5.74) is 0. The number of carbonyl (C=O) groups excluding carboxylic acids is 3. The van der Waals surface area contributed by atoms with Gasteiger partial charge in [-0.05, 0) is 44.4 Å². The van der Waals surface area contributed by atoms with Crippen LogP contribution in [-0.4, -0.2) is 61.8 Å². The van der Waals surface area contributed by atoms with Gasteiger partial charge in [0, 0.05) is 30.0 Å². The minimum absolute atomic E-state index is 0.0366. The van der Waals surface area contributed by atoms with Crippen LogP contribution in [0.3, 0.4) is 0 Å². The van der Waals surface area contributed by atoms with Crippen LogP contribution >= 0.6 is 15.9 Å². The second-order valence-corrected chi connectivity index (χ2v) is 7.51. The molecule has 9 heteroatoms. The van der Waals surface area contributed by atoms with Gasteiger partial charge in [0.25, 0.3) is 5.91 Å². The van der Waals surface area contributed by atoms with Gasteiger partial charge in [-0.3, -0.25) is 9.59 Å². The lowest BCUT2D eigenvalue weighted by Gasteiger charge is -2.31. The van der Waals surface area contributed by atoms with Crippen LogP contribution in [0.15, 0.2) is 28.7 Å². The van der Waals surface area contributed by atoms with E-state index in [1.807, 2.05) is 24.3 Å². The van der Waals surface area contributed by atoms with Crippen molar-refractivity contribution in [2.24, 2.45) is 0 Å². The van der Waals surface area contributed by atoms with Gasteiger partial charge >= 0.3 is 12.1 Å². The first kappa shape index (κ1) is 23.0. The molecule has 160 valence electrons. The molecule has 0 unspecified atom stereocenters. The van der Waals surface area contributed by atoms with Crippen molar-refractivity contribution in [1.82, 2.24) is 10.2 Å². The summed E-state index contributed by atoms with van der Waals surface area (Å²) < 4.78 is 16.4. The van der Waals surface area contributed by atoms with Gasteiger partial charge in [-0.15, -0.1) is 0 Å². The molecule has 0 spiro atoms. The number of esters is 1. The fraction of sp³-hybridized carbons (Fsp3) is 0.550. The minimum Gasteiger partial charge on any atom is -0.494 e. The Bertz CT molecular complexity index is 691. The lowest BCUT2D eigenvalue weighted by molar-refractivity contribution is -0.149. The molecule has 2 amide bonds. The fourth-order valence-corrected chi connectivity index (χ4v) is 3.25. The number of rotatable bonds is 9. The first-order chi connectivity index (χ1) is 14.0. The normalized spacial score (nSPS) is 14.2. The molecule has 1 aromatic carbocycles. The van der Waals surface area contributed by atoms with E-state index in [1.165, 1.54) is 0 Å². The van der Waals surface area contributed by atoms with E-state index in [4.69, 9.17) is 14.2 Å². The van der Waals surface area contributed by atoms with Gasteiger partial charge in [0.2, 0.25) is 0 Å². The summed E-state index contributed by atoms with van der Waals surface area (Å²) in [6.07, 6.45) is 1.64. The predicted molar refractivity (Wildman–Crippen MR) is 110 cm³/mol. The minimum atomic E-state index is -0.435. The molecule has 1 aromatic rings. The van der Waals surface area contributed by atoms with Crippen LogP contribution in [0.2, 0.25) is 0 Å². The monoisotopic (exact) mass is 470 g/mol. The van der Waals surface area contributed by atoms with E-state index in [-0.39, 0.29) is 31.1 Å². The van der Waals surface area contributed by atoms with Crippen molar-refractivity contribution in [2.75, 3.05) is 32.9 Å². The zero-order chi connectivity index (χ0) is 21.1. The van der Waals surface area contributed by atoms with Crippen LogP contribution in [0.4, 0.5) is 4.79 Å². The molecule has 0 aliphatic carbocycles. The summed E-state index contributed by atoms with van der Waals surface area (Å²) >= 11 is 3.36. The third kappa shape index (κ3) is 8.72. The molecule has 8 nitrogen and oxygen atoms in total. The highest BCUT2D eigenvalue weighted by molar-refractivity contribution is 9.10. The Morgan fingerprint density at radius 3 is 2.66 bits per heavy atom. The Kier molecular flexibility index (Phi) is 9.76. The van der Waals surface area contributed by atoms with Crippen molar-refractivity contribution in [3.8, 4) is 5.75 Å². The molecule has 2 rings (SSSR count). The number of nitrogens with one attached hydrogen (secondary N) is 1. The van der Waals surface area contributed by atoms with Gasteiger partial charge in [0.1, 0.15) is 5.75 Å². The SMILES string of the molecule is CCOC(=O)N1CCC(NC(=O)COC(=O)CCCOc2cccc(Br)c2)CC1. The van der Waals surface area contributed by atoms with Crippen LogP contribution in [0.1, 0.15) is 32.6 Å². The maximum absolute atomic E-state index is 12.0. The average molecular weight is 471 g/mol. The van der Waals surface area contributed by atoms with Crippen molar-refractivity contribution in [2.45, 2.75) is 38.6 Å². The number of amides is 2. The molecule has 1 aliphatic heterocycles. The molecule has 0 saturated carbocycles. The second-order valence-electron chi connectivity index (χ2n) is 6.60. The number of likely N-dealkylation sites (tertiary alicyclic amines) is 1. The third-order valence-corrected chi connectivity index (χ3v) is 4.83. The Morgan fingerprint density at radius 1 is 1.21 bits per heavy atom. The second kappa shape index (κ2) is 12.3. The van der Waals surface area contributed by atoms with Crippen molar-refractivity contribution >= 4 is 33.9 Å². The van der Waals surface area contributed by atoms with Crippen molar-refractivity contribution < 1.29 is 28.6 Å². The number of carbonyl (C=O) groups is 3. The van der Waals surface area contributed by atoms with E-state index in [2.05, 4.69) is 21.2 Å². The summed E-state index contributed by atoms with van der Waals surface area (Å²) in [5.74, 6) is -0.0467. The van der Waals surface area contributed by atoms with Crippen molar-refractivity contribution in [3.05, 3.63) is 28.7 Å². The van der Waals surface area contributed by atoms with E-state index in [0.717, 1.165) is 10.2 Å². The van der Waals surface area contributed by atoms with Gasteiger partial charge in [-0.2, -0.15) is 0 Å². The number of nitrogens with zero attached hydrogens (tertiary/aromatic N) is 1. The smallest absolute Gasteiger partial charge is 0.409 e. The Hall–Kier alpha value is -2.29. The summed E-state index contributed by atoms with van der Waals surface area (Å²) in [6.45, 7) is 3.25. The number of piperidine rings is 1. The topological polar surface area (TPSA) is 94.2 Å². The Labute approximate surface area is 179 Å². The van der Waals surface area contributed by atoms with Gasteiger partial charge in [-0.25, -0.2) is 4.79 Å². The molecule has 29 heavy (non-hydrogen) atoms. The number of hydrogen-bond acceptors (Lipinski definition) is 6. The molecular formula is C20H27BrN2O6. The van der Waals surface area contributed by atoms with Crippen LogP contribution < -0.4 is 10.1 Å². The van der Waals surface area contributed by atoms with E-state index in [9.17, 15) is 14.4 Å². The van der Waals surface area contributed by atoms with Gasteiger partial charge in [-0.1, -0.05) is 22.0 Å². The van der Waals surface area contributed by atoms with Crippen LogP contribution in [0.25, 0.3) is 0 Å². The predicted octanol–water partition coefficient (Wildman–Crippen LogP) is 2.89. The van der Waals surface area contributed by atoms with E-state index >= 15 is 0 Å². The standard InChI is InChI=1S/C20H27BrN2O6/c1-2-27-20(26)23-10-8-16(9-11-23)22-18(24)14-29-19(25)7-4-12-28-17-6-3-5-15(21)13-17/h3,5-6,13,16H,2,4,7-12,14H2,1H3,(H,22,24). The number of benzene rings is 1. The van der Waals surface area contributed by atoms with Crippen molar-refractivity contribution in [3.63, 3.8) is 0 Å². The summed E-state index contributed by atoms with van der Waals surface area (Å²) in [5, 5.41) is 2.84. The lowest BCUT2D eigenvalue weighted by atomic mass is 10.1. The number of halogens is 1. The zero-order valence-electron chi connectivity index (χ0n) is 16.5. The van der Waals surface area contributed by atoms with Crippen LogP contribution in [0.5, 0.6) is 5.75 Å². The summed E-state index contributed by atoms with van der Waals surface area (Å²) in [6, 6.07) is 7.42. The summed E-state index contributed by atoms with van der Waals surface area (Å²) in [4.78, 5) is 37.0. The van der Waals surface area contributed by atoms with E-state index in [0.29, 0.717) is 45.6 Å². The van der Waals surface area contributed by atoms with Gasteiger partial charge < -0.3 is 24.4 Å².